The molecule has 0 unspecified atom stereocenters. The fraction of sp³-hybridized carbons (Fsp3) is 0. The van der Waals surface area contributed by atoms with Gasteiger partial charge in [0.05, 0.1) is 37.9 Å². The van der Waals surface area contributed by atoms with Gasteiger partial charge < -0.3 is 11.1 Å². The summed E-state index contributed by atoms with van der Waals surface area (Å²) in [7, 11) is 0. The Morgan fingerprint density at radius 1 is 0.667 bits per heavy atom. The second kappa shape index (κ2) is 12.0. The number of aromatic nitrogens is 5. The number of hydrogen-bond acceptors (Lipinski definition) is 5. The number of nitrogens with two attached hydrogens (primary N) is 1. The quantitative estimate of drug-likeness (QED) is 0.198. The summed E-state index contributed by atoms with van der Waals surface area (Å²) in [4.78, 5) is 16.5. The van der Waals surface area contributed by atoms with Gasteiger partial charge in [0, 0.05) is 12.4 Å². The maximum absolute atomic E-state index is 12.5. The number of carbonyl (C=O) groups excluding carboxylic acids is 1. The average molecular weight is 681 g/mol. The number of nitrogens with zero attached hydrogens (tertiary/aromatic N) is 5. The molecule has 0 saturated carbocycles. The zero-order chi connectivity index (χ0) is 29.1. The minimum absolute atomic E-state index is 0.230. The molecule has 0 radical (unpaired) electrons. The fourth-order valence-electron chi connectivity index (χ4n) is 4.51. The van der Waals surface area contributed by atoms with Crippen LogP contribution >= 0.6 is 31.9 Å². The monoisotopic (exact) mass is 679 g/mol. The first-order valence-electron chi connectivity index (χ1n) is 12.9. The Kier molecular flexibility index (Phi) is 7.81. The van der Waals surface area contributed by atoms with Crippen LogP contribution in [0.25, 0.3) is 33.3 Å². The fourth-order valence-corrected chi connectivity index (χ4v) is 5.26. The molecule has 5 heterocycles. The molecule has 0 aliphatic rings. The molecule has 3 N–H and O–H groups in total. The highest BCUT2D eigenvalue weighted by atomic mass is 79.9. The molecule has 0 bridgehead atoms. The molecule has 7 aromatic rings. The van der Waals surface area contributed by atoms with Crippen LogP contribution in [0.4, 0.5) is 11.6 Å². The molecule has 8 nitrogen and oxygen atoms in total. The number of nitrogen functional groups attached to an aromatic ring is 1. The summed E-state index contributed by atoms with van der Waals surface area (Å²) in [5, 5.41) is 11.5. The molecule has 1 amide bonds. The Bertz CT molecular complexity index is 2010. The molecule has 10 heteroatoms. The molecule has 206 valence electrons. The van der Waals surface area contributed by atoms with Crippen molar-refractivity contribution in [2.75, 3.05) is 11.1 Å². The van der Waals surface area contributed by atoms with E-state index in [4.69, 9.17) is 5.73 Å². The Labute approximate surface area is 258 Å². The molecule has 0 atom stereocenters. The molecular formula is C32H23Br2N7O. The van der Waals surface area contributed by atoms with Crippen LogP contribution in [0.3, 0.4) is 0 Å². The van der Waals surface area contributed by atoms with Crippen molar-refractivity contribution in [1.82, 2.24) is 24.2 Å². The smallest absolute Gasteiger partial charge is 0.258 e. The number of halogens is 2. The SMILES string of the molecule is Nc1cc(-c2ccccc2)cc2c(Br)cnn12.O=C(Nc1cc(-c2ccccc2)cc2c(Br)cnn12)c1cccnc1. The average Bonchev–Trinajstić information content (AvgIpc) is 3.61. The van der Waals surface area contributed by atoms with Gasteiger partial charge in [0.2, 0.25) is 0 Å². The molecule has 0 aliphatic heterocycles. The van der Waals surface area contributed by atoms with E-state index in [1.807, 2.05) is 66.7 Å². The summed E-state index contributed by atoms with van der Waals surface area (Å²) < 4.78 is 5.23. The van der Waals surface area contributed by atoms with Crippen LogP contribution in [0.2, 0.25) is 0 Å². The van der Waals surface area contributed by atoms with Crippen LogP contribution in [0.1, 0.15) is 10.4 Å². The van der Waals surface area contributed by atoms with Crippen molar-refractivity contribution in [2.24, 2.45) is 0 Å². The predicted octanol–water partition coefficient (Wildman–Crippen LogP) is 7.76. The van der Waals surface area contributed by atoms with Gasteiger partial charge >= 0.3 is 0 Å². The van der Waals surface area contributed by atoms with Gasteiger partial charge in [-0.2, -0.15) is 10.2 Å². The van der Waals surface area contributed by atoms with E-state index in [0.717, 1.165) is 42.2 Å². The van der Waals surface area contributed by atoms with E-state index in [2.05, 4.69) is 70.6 Å². The molecular weight excluding hydrogens is 658 g/mol. The highest BCUT2D eigenvalue weighted by Crippen LogP contribution is 2.30. The molecule has 0 aliphatic carbocycles. The van der Waals surface area contributed by atoms with Gasteiger partial charge in [0.15, 0.2) is 0 Å². The number of amides is 1. The van der Waals surface area contributed by atoms with Gasteiger partial charge in [0.25, 0.3) is 5.91 Å². The van der Waals surface area contributed by atoms with Crippen molar-refractivity contribution in [3.63, 3.8) is 0 Å². The predicted molar refractivity (Wildman–Crippen MR) is 173 cm³/mol. The Morgan fingerprint density at radius 3 is 1.83 bits per heavy atom. The van der Waals surface area contributed by atoms with Crippen molar-refractivity contribution < 1.29 is 4.79 Å². The molecule has 42 heavy (non-hydrogen) atoms. The zero-order valence-electron chi connectivity index (χ0n) is 22.0. The van der Waals surface area contributed by atoms with E-state index in [1.165, 1.54) is 6.20 Å². The van der Waals surface area contributed by atoms with Crippen molar-refractivity contribution >= 4 is 60.4 Å². The van der Waals surface area contributed by atoms with E-state index in [1.54, 1.807) is 39.8 Å². The maximum atomic E-state index is 12.5. The van der Waals surface area contributed by atoms with Crippen LogP contribution in [0, 0.1) is 0 Å². The number of nitrogens with one attached hydrogen (secondary N) is 1. The largest absolute Gasteiger partial charge is 0.384 e. The summed E-state index contributed by atoms with van der Waals surface area (Å²) in [6, 6.07) is 31.6. The van der Waals surface area contributed by atoms with Gasteiger partial charge in [-0.05, 0) is 90.5 Å². The summed E-state index contributed by atoms with van der Waals surface area (Å²) in [5.41, 5.74) is 12.6. The van der Waals surface area contributed by atoms with E-state index < -0.39 is 0 Å². The third kappa shape index (κ3) is 5.67. The molecule has 0 saturated heterocycles. The normalized spacial score (nSPS) is 10.8. The van der Waals surface area contributed by atoms with Crippen molar-refractivity contribution in [1.29, 1.82) is 0 Å². The molecule has 7 rings (SSSR count). The minimum Gasteiger partial charge on any atom is -0.384 e. The lowest BCUT2D eigenvalue weighted by Gasteiger charge is -2.11. The van der Waals surface area contributed by atoms with Crippen LogP contribution in [0.15, 0.2) is 131 Å². The number of benzene rings is 2. The summed E-state index contributed by atoms with van der Waals surface area (Å²) in [6.45, 7) is 0. The Balaban J connectivity index is 0.000000162. The molecule has 0 fully saturated rings. The standard InChI is InChI=1S/C19H13BrN4O.C13H10BrN3/c20-16-12-22-24-17(16)9-15(13-5-2-1-3-6-13)10-18(24)23-19(25)14-7-4-8-21-11-14;14-11-8-16-17-12(11)6-10(7-13(17)15)9-4-2-1-3-5-9/h1-12H,(H,23,25);1-8H,15H2. The molecule has 5 aromatic heterocycles. The van der Waals surface area contributed by atoms with E-state index in [9.17, 15) is 4.79 Å². The first kappa shape index (κ1) is 27.4. The lowest BCUT2D eigenvalue weighted by Crippen LogP contribution is -2.15. The summed E-state index contributed by atoms with van der Waals surface area (Å²) >= 11 is 6.98. The first-order chi connectivity index (χ1) is 20.5. The van der Waals surface area contributed by atoms with Crippen LogP contribution in [0.5, 0.6) is 0 Å². The van der Waals surface area contributed by atoms with Crippen molar-refractivity contribution in [3.8, 4) is 22.3 Å². The van der Waals surface area contributed by atoms with Gasteiger partial charge in [-0.15, -0.1) is 0 Å². The summed E-state index contributed by atoms with van der Waals surface area (Å²) in [5.74, 6) is 0.995. The minimum atomic E-state index is -0.230. The molecule has 0 spiro atoms. The highest BCUT2D eigenvalue weighted by molar-refractivity contribution is 9.11. The summed E-state index contributed by atoms with van der Waals surface area (Å²) in [6.07, 6.45) is 6.63. The lowest BCUT2D eigenvalue weighted by atomic mass is 10.1. The third-order valence-electron chi connectivity index (χ3n) is 6.55. The number of pyridine rings is 3. The third-order valence-corrected chi connectivity index (χ3v) is 7.77. The van der Waals surface area contributed by atoms with Crippen LogP contribution < -0.4 is 11.1 Å². The topological polar surface area (TPSA) is 103 Å². The second-order valence-corrected chi connectivity index (χ2v) is 11.0. The number of hydrogen-bond donors (Lipinski definition) is 2. The van der Waals surface area contributed by atoms with Gasteiger partial charge in [-0.3, -0.25) is 9.78 Å². The number of rotatable bonds is 4. The highest BCUT2D eigenvalue weighted by Gasteiger charge is 2.13. The second-order valence-electron chi connectivity index (χ2n) is 9.31. The maximum Gasteiger partial charge on any atom is 0.258 e. The lowest BCUT2D eigenvalue weighted by molar-refractivity contribution is 0.102. The number of anilines is 2. The molecule has 2 aromatic carbocycles. The van der Waals surface area contributed by atoms with E-state index in [0.29, 0.717) is 17.2 Å². The van der Waals surface area contributed by atoms with Gasteiger partial charge in [-0.25, -0.2) is 9.03 Å². The number of fused-ring (bicyclic) bond motifs is 2. The zero-order valence-corrected chi connectivity index (χ0v) is 25.2. The van der Waals surface area contributed by atoms with E-state index >= 15 is 0 Å². The van der Waals surface area contributed by atoms with Crippen LogP contribution in [-0.2, 0) is 0 Å². The first-order valence-corrected chi connectivity index (χ1v) is 14.5. The van der Waals surface area contributed by atoms with Crippen molar-refractivity contribution in [3.05, 3.63) is 136 Å². The van der Waals surface area contributed by atoms with Gasteiger partial charge in [0.1, 0.15) is 11.6 Å². The van der Waals surface area contributed by atoms with Crippen LogP contribution in [-0.4, -0.2) is 30.1 Å². The van der Waals surface area contributed by atoms with Crippen molar-refractivity contribution in [2.45, 2.75) is 0 Å². The number of carbonyl (C=O) groups is 1. The van der Waals surface area contributed by atoms with E-state index in [-0.39, 0.29) is 5.91 Å². The Hall–Kier alpha value is -4.80. The Morgan fingerprint density at radius 2 is 1.24 bits per heavy atom. The van der Waals surface area contributed by atoms with Gasteiger partial charge in [-0.1, -0.05) is 60.7 Å².